The molecule has 0 bridgehead atoms. The Morgan fingerprint density at radius 1 is 1.31 bits per heavy atom. The third-order valence-electron chi connectivity index (χ3n) is 5.75. The lowest BCUT2D eigenvalue weighted by Gasteiger charge is -2.40. The van der Waals surface area contributed by atoms with Gasteiger partial charge in [0.25, 0.3) is 0 Å². The maximum Gasteiger partial charge on any atom is 0.370 e. The van der Waals surface area contributed by atoms with Gasteiger partial charge >= 0.3 is 5.97 Å². The first-order valence-corrected chi connectivity index (χ1v) is 12.7. The fourth-order valence-electron chi connectivity index (χ4n) is 3.81. The van der Waals surface area contributed by atoms with Gasteiger partial charge in [0, 0.05) is 17.6 Å². The lowest BCUT2D eigenvalue weighted by Crippen LogP contribution is -2.59. The van der Waals surface area contributed by atoms with Crippen molar-refractivity contribution in [1.29, 1.82) is 5.26 Å². The molecular formula is C22H26N4O9S. The van der Waals surface area contributed by atoms with Crippen molar-refractivity contribution in [2.45, 2.75) is 49.1 Å². The highest BCUT2D eigenvalue weighted by molar-refractivity contribution is 7.90. The van der Waals surface area contributed by atoms with Crippen LogP contribution in [0.15, 0.2) is 34.9 Å². The summed E-state index contributed by atoms with van der Waals surface area (Å²) in [5.74, 6) is -3.23. The Bertz CT molecular complexity index is 1360. The molecule has 0 saturated heterocycles. The van der Waals surface area contributed by atoms with Gasteiger partial charge in [0.1, 0.15) is 30.1 Å². The normalized spacial score (nSPS) is 21.8. The van der Waals surface area contributed by atoms with Gasteiger partial charge in [0.2, 0.25) is 11.7 Å². The van der Waals surface area contributed by atoms with Crippen LogP contribution >= 0.6 is 0 Å². The number of carbonyl (C=O) groups excluding carboxylic acids is 1. The molecule has 194 valence electrons. The largest absolute Gasteiger partial charge is 0.478 e. The van der Waals surface area contributed by atoms with Crippen LogP contribution in [0.1, 0.15) is 25.6 Å². The average molecular weight is 523 g/mol. The third kappa shape index (κ3) is 5.19. The van der Waals surface area contributed by atoms with Crippen molar-refractivity contribution in [3.8, 4) is 6.07 Å². The van der Waals surface area contributed by atoms with Gasteiger partial charge in [-0.2, -0.15) is 10.4 Å². The average Bonchev–Trinajstić information content (AvgIpc) is 3.19. The number of carbonyl (C=O) groups is 2. The number of nitriles is 1. The highest BCUT2D eigenvalue weighted by Crippen LogP contribution is 2.33. The number of carboxylic acid groups (broad SMARTS) is 1. The van der Waals surface area contributed by atoms with Crippen molar-refractivity contribution in [1.82, 2.24) is 15.1 Å². The number of aliphatic hydroxyl groups is 3. The Labute approximate surface area is 206 Å². The molecule has 5 atom stereocenters. The molecular weight excluding hydrogens is 496 g/mol. The van der Waals surface area contributed by atoms with Crippen LogP contribution in [0, 0.1) is 17.2 Å². The predicted molar refractivity (Wildman–Crippen MR) is 123 cm³/mol. The maximum absolute atomic E-state index is 12.6. The van der Waals surface area contributed by atoms with Crippen LogP contribution in [-0.2, 0) is 24.2 Å². The van der Waals surface area contributed by atoms with Crippen molar-refractivity contribution in [2.24, 2.45) is 5.92 Å². The van der Waals surface area contributed by atoms with E-state index in [2.05, 4.69) is 10.4 Å². The van der Waals surface area contributed by atoms with Gasteiger partial charge in [-0.1, -0.05) is 13.8 Å². The summed E-state index contributed by atoms with van der Waals surface area (Å²) >= 11 is 0. The van der Waals surface area contributed by atoms with E-state index in [4.69, 9.17) is 4.74 Å². The fraction of sp³-hybridized carbons (Fsp3) is 0.455. The van der Waals surface area contributed by atoms with Crippen LogP contribution in [0.5, 0.6) is 0 Å². The first-order chi connectivity index (χ1) is 16.8. The van der Waals surface area contributed by atoms with E-state index in [9.17, 15) is 43.7 Å². The molecule has 0 radical (unpaired) electrons. The molecule has 2 heterocycles. The molecule has 0 aliphatic carbocycles. The zero-order valence-corrected chi connectivity index (χ0v) is 20.4. The van der Waals surface area contributed by atoms with Gasteiger partial charge in [0.15, 0.2) is 9.84 Å². The number of ether oxygens (including phenoxy) is 1. The van der Waals surface area contributed by atoms with E-state index in [1.165, 1.54) is 18.2 Å². The van der Waals surface area contributed by atoms with E-state index >= 15 is 0 Å². The zero-order valence-electron chi connectivity index (χ0n) is 19.6. The summed E-state index contributed by atoms with van der Waals surface area (Å²) in [7, 11) is -3.60. The van der Waals surface area contributed by atoms with Crippen molar-refractivity contribution in [3.05, 3.63) is 35.7 Å². The number of hydrogen-bond acceptors (Lipinski definition) is 10. The first kappa shape index (κ1) is 27.1. The summed E-state index contributed by atoms with van der Waals surface area (Å²) in [6.07, 6.45) is -3.06. The highest BCUT2D eigenvalue weighted by atomic mass is 32.2. The lowest BCUT2D eigenvalue weighted by atomic mass is 9.91. The minimum absolute atomic E-state index is 0.0538. The van der Waals surface area contributed by atoms with Crippen molar-refractivity contribution in [2.75, 3.05) is 12.9 Å². The molecule has 14 heteroatoms. The van der Waals surface area contributed by atoms with Crippen LogP contribution in [0.4, 0.5) is 0 Å². The second-order valence-electron chi connectivity index (χ2n) is 8.69. The summed E-state index contributed by atoms with van der Waals surface area (Å²) in [4.78, 5) is 24.4. The molecule has 0 spiro atoms. The smallest absolute Gasteiger partial charge is 0.370 e. The second-order valence-corrected chi connectivity index (χ2v) is 10.7. The molecule has 0 saturated carbocycles. The number of carboxylic acids is 1. The lowest BCUT2D eigenvalue weighted by molar-refractivity contribution is -0.147. The Kier molecular flexibility index (Phi) is 7.70. The number of hydrogen-bond donors (Lipinski definition) is 5. The number of fused-ring (bicyclic) bond motifs is 1. The molecule has 1 amide bonds. The number of sulfone groups is 1. The summed E-state index contributed by atoms with van der Waals surface area (Å²) in [6, 6.07) is 3.43. The summed E-state index contributed by atoms with van der Waals surface area (Å²) in [5.41, 5.74) is 0.0466. The summed E-state index contributed by atoms with van der Waals surface area (Å²) in [5, 5.41) is 56.8. The predicted octanol–water partition coefficient (Wildman–Crippen LogP) is -0.925. The van der Waals surface area contributed by atoms with E-state index in [1.807, 2.05) is 6.07 Å². The molecule has 1 aliphatic heterocycles. The Morgan fingerprint density at radius 3 is 2.50 bits per heavy atom. The van der Waals surface area contributed by atoms with Crippen LogP contribution < -0.4 is 5.32 Å². The van der Waals surface area contributed by atoms with E-state index in [0.717, 1.165) is 17.0 Å². The number of aromatic nitrogens is 2. The standard InChI is InChI=1S/C22H26N4O9S/c1-10(2)21(30)24-18-14(7-17(22(31)32)35-20(18)19(29)16(28)9-27)26-15(8-23)12-5-4-11(36(3,33)34)6-13(12)25-26/h4-7,10,14,16,18-20,27-29H,9H2,1-3H3,(H,24,30)(H,31,32)/t14-,16+,18+,19+,20+/m0/s1. The first-order valence-electron chi connectivity index (χ1n) is 10.8. The van der Waals surface area contributed by atoms with Gasteiger partial charge in [0.05, 0.1) is 29.1 Å². The van der Waals surface area contributed by atoms with Crippen LogP contribution in [-0.4, -0.2) is 87.7 Å². The molecule has 1 aromatic carbocycles. The number of nitrogens with one attached hydrogen (secondary N) is 1. The minimum Gasteiger partial charge on any atom is -0.478 e. The Morgan fingerprint density at radius 2 is 1.97 bits per heavy atom. The van der Waals surface area contributed by atoms with Gasteiger partial charge in [-0.15, -0.1) is 0 Å². The molecule has 13 nitrogen and oxygen atoms in total. The molecule has 1 aliphatic rings. The molecule has 1 aromatic heterocycles. The number of aliphatic hydroxyl groups excluding tert-OH is 3. The fourth-order valence-corrected chi connectivity index (χ4v) is 4.45. The van der Waals surface area contributed by atoms with E-state index in [-0.39, 0.29) is 21.5 Å². The quantitative estimate of drug-likeness (QED) is 0.286. The van der Waals surface area contributed by atoms with Gasteiger partial charge in [-0.3, -0.25) is 4.79 Å². The molecule has 0 fully saturated rings. The Hall–Kier alpha value is -3.51. The van der Waals surface area contributed by atoms with Crippen LogP contribution in [0.3, 0.4) is 0 Å². The summed E-state index contributed by atoms with van der Waals surface area (Å²) < 4.78 is 30.5. The number of rotatable bonds is 8. The van der Waals surface area contributed by atoms with E-state index < -0.39 is 70.4 Å². The number of amides is 1. The van der Waals surface area contributed by atoms with Crippen molar-refractivity contribution in [3.63, 3.8) is 0 Å². The SMILES string of the molecule is CC(C)C(=O)N[C@H]1[C@H]([C@H](O)[C@H](O)CO)OC(C(=O)O)=C[C@@H]1n1nc2cc(S(C)(=O)=O)ccc2c1C#N. The maximum atomic E-state index is 12.6. The molecule has 36 heavy (non-hydrogen) atoms. The van der Waals surface area contributed by atoms with E-state index in [0.29, 0.717) is 0 Å². The van der Waals surface area contributed by atoms with Crippen molar-refractivity contribution >= 4 is 32.6 Å². The highest BCUT2D eigenvalue weighted by Gasteiger charge is 2.45. The van der Waals surface area contributed by atoms with Crippen LogP contribution in [0.25, 0.3) is 10.9 Å². The number of benzene rings is 1. The number of nitrogens with zero attached hydrogens (tertiary/aromatic N) is 3. The molecule has 0 unspecified atom stereocenters. The Balaban J connectivity index is 2.27. The van der Waals surface area contributed by atoms with Gasteiger partial charge < -0.3 is 30.5 Å². The molecule has 2 aromatic rings. The third-order valence-corrected chi connectivity index (χ3v) is 6.86. The summed E-state index contributed by atoms with van der Waals surface area (Å²) in [6.45, 7) is 2.30. The van der Waals surface area contributed by atoms with Gasteiger partial charge in [-0.05, 0) is 24.3 Å². The molecule has 3 rings (SSSR count). The van der Waals surface area contributed by atoms with E-state index in [1.54, 1.807) is 13.8 Å². The second kappa shape index (κ2) is 10.2. The monoisotopic (exact) mass is 522 g/mol. The topological polar surface area (TPSA) is 212 Å². The molecule has 5 N–H and O–H groups in total. The van der Waals surface area contributed by atoms with Crippen molar-refractivity contribution < 1.29 is 43.2 Å². The van der Waals surface area contributed by atoms with Gasteiger partial charge in [-0.25, -0.2) is 17.9 Å². The minimum atomic E-state index is -3.60. The zero-order chi connectivity index (χ0) is 26.9. The number of aliphatic carboxylic acids is 1. The van der Waals surface area contributed by atoms with Crippen LogP contribution in [0.2, 0.25) is 0 Å².